The van der Waals surface area contributed by atoms with Gasteiger partial charge in [0.15, 0.2) is 4.90 Å². The number of rotatable bonds is 5. The molecule has 0 saturated carbocycles. The summed E-state index contributed by atoms with van der Waals surface area (Å²) in [5.74, 6) is -2.35. The van der Waals surface area contributed by atoms with Gasteiger partial charge >= 0.3 is 0 Å². The van der Waals surface area contributed by atoms with Crippen LogP contribution in [0.4, 0.5) is 8.78 Å². The fraction of sp³-hybridized carbons (Fsp3) is 0.278. The van der Waals surface area contributed by atoms with Crippen LogP contribution < -0.4 is 4.72 Å². The van der Waals surface area contributed by atoms with E-state index in [1.165, 1.54) is 0 Å². The Morgan fingerprint density at radius 3 is 2.15 bits per heavy atom. The Morgan fingerprint density at radius 1 is 1.00 bits per heavy atom. The fourth-order valence-electron chi connectivity index (χ4n) is 2.86. The molecule has 0 radical (unpaired) electrons. The summed E-state index contributed by atoms with van der Waals surface area (Å²) < 4.78 is 53.8. The highest BCUT2D eigenvalue weighted by molar-refractivity contribution is 7.89. The molecular weight excluding hydrogens is 362 g/mol. The Hall–Kier alpha value is -2.32. The van der Waals surface area contributed by atoms with Crippen LogP contribution in [-0.2, 0) is 16.6 Å². The number of halogens is 2. The van der Waals surface area contributed by atoms with Gasteiger partial charge in [-0.05, 0) is 42.7 Å². The summed E-state index contributed by atoms with van der Waals surface area (Å²) in [6.45, 7) is 1.34. The number of nitrogens with one attached hydrogen (secondary N) is 1. The maximum Gasteiger partial charge on any atom is 0.253 e. The minimum atomic E-state index is -4.33. The quantitative estimate of drug-likeness (QED) is 0.867. The number of likely N-dealkylation sites (tertiary alicyclic amines) is 1. The molecule has 0 spiro atoms. The Balaban J connectivity index is 1.69. The van der Waals surface area contributed by atoms with Crippen LogP contribution in [0.1, 0.15) is 28.8 Å². The SMILES string of the molecule is O=C(c1ccc(CNS(=O)(=O)c2c(F)cccc2F)cc1)N1CCCC1. The molecule has 1 heterocycles. The molecule has 1 N–H and O–H groups in total. The monoisotopic (exact) mass is 380 g/mol. The number of hydrogen-bond donors (Lipinski definition) is 1. The van der Waals surface area contributed by atoms with Crippen LogP contribution in [-0.4, -0.2) is 32.3 Å². The van der Waals surface area contributed by atoms with Crippen LogP contribution in [0, 0.1) is 11.6 Å². The highest BCUT2D eigenvalue weighted by Crippen LogP contribution is 2.19. The molecular formula is C18H18F2N2O3S. The van der Waals surface area contributed by atoms with Gasteiger partial charge in [0.25, 0.3) is 5.91 Å². The van der Waals surface area contributed by atoms with E-state index in [0.29, 0.717) is 11.1 Å². The highest BCUT2D eigenvalue weighted by Gasteiger charge is 2.23. The molecule has 0 aliphatic carbocycles. The molecule has 0 aromatic heterocycles. The van der Waals surface area contributed by atoms with E-state index in [2.05, 4.69) is 4.72 Å². The first-order valence-corrected chi connectivity index (χ1v) is 9.69. The van der Waals surface area contributed by atoms with Crippen molar-refractivity contribution in [2.45, 2.75) is 24.3 Å². The average Bonchev–Trinajstić information content (AvgIpc) is 3.14. The van der Waals surface area contributed by atoms with Crippen LogP contribution in [0.5, 0.6) is 0 Å². The van der Waals surface area contributed by atoms with Crippen molar-refractivity contribution >= 4 is 15.9 Å². The minimum Gasteiger partial charge on any atom is -0.339 e. The maximum atomic E-state index is 13.7. The lowest BCUT2D eigenvalue weighted by molar-refractivity contribution is 0.0793. The average molecular weight is 380 g/mol. The molecule has 138 valence electrons. The van der Waals surface area contributed by atoms with Gasteiger partial charge in [0, 0.05) is 25.2 Å². The third kappa shape index (κ3) is 3.91. The van der Waals surface area contributed by atoms with Crippen molar-refractivity contribution in [1.82, 2.24) is 9.62 Å². The molecule has 0 unspecified atom stereocenters. The zero-order valence-electron chi connectivity index (χ0n) is 13.9. The van der Waals surface area contributed by atoms with Crippen molar-refractivity contribution in [1.29, 1.82) is 0 Å². The molecule has 5 nitrogen and oxygen atoms in total. The Bertz CT molecular complexity index is 888. The topological polar surface area (TPSA) is 66.5 Å². The molecule has 3 rings (SSSR count). The standard InChI is InChI=1S/C18H18F2N2O3S/c19-15-4-3-5-16(20)17(15)26(24,25)21-12-13-6-8-14(9-7-13)18(23)22-10-1-2-11-22/h3-9,21H,1-2,10-12H2. The van der Waals surface area contributed by atoms with Crippen LogP contribution in [0.15, 0.2) is 47.4 Å². The van der Waals surface area contributed by atoms with Crippen LogP contribution >= 0.6 is 0 Å². The van der Waals surface area contributed by atoms with Crippen molar-refractivity contribution in [3.05, 3.63) is 65.2 Å². The predicted molar refractivity (Wildman–Crippen MR) is 92.0 cm³/mol. The number of sulfonamides is 1. The zero-order chi connectivity index (χ0) is 18.7. The first-order valence-electron chi connectivity index (χ1n) is 8.20. The van der Waals surface area contributed by atoms with E-state index >= 15 is 0 Å². The molecule has 26 heavy (non-hydrogen) atoms. The molecule has 1 amide bonds. The lowest BCUT2D eigenvalue weighted by atomic mass is 10.1. The molecule has 8 heteroatoms. The van der Waals surface area contributed by atoms with E-state index in [4.69, 9.17) is 0 Å². The number of carbonyl (C=O) groups is 1. The number of hydrogen-bond acceptors (Lipinski definition) is 3. The molecule has 1 saturated heterocycles. The van der Waals surface area contributed by atoms with Gasteiger partial charge in [0.2, 0.25) is 10.0 Å². The Kier molecular flexibility index (Phi) is 5.33. The second kappa shape index (κ2) is 7.51. The van der Waals surface area contributed by atoms with Gasteiger partial charge in [-0.1, -0.05) is 18.2 Å². The first kappa shape index (κ1) is 18.5. The minimum absolute atomic E-state index is 0.0527. The molecule has 1 fully saturated rings. The molecule has 1 aliphatic heterocycles. The molecule has 1 aliphatic rings. The van der Waals surface area contributed by atoms with Crippen molar-refractivity contribution in [2.24, 2.45) is 0 Å². The molecule has 0 atom stereocenters. The largest absolute Gasteiger partial charge is 0.339 e. The van der Waals surface area contributed by atoms with Gasteiger partial charge < -0.3 is 4.90 Å². The van der Waals surface area contributed by atoms with Crippen LogP contribution in [0.25, 0.3) is 0 Å². The molecule has 2 aromatic carbocycles. The van der Waals surface area contributed by atoms with Gasteiger partial charge in [-0.15, -0.1) is 0 Å². The summed E-state index contributed by atoms with van der Waals surface area (Å²) in [7, 11) is -4.33. The number of nitrogens with zero attached hydrogens (tertiary/aromatic N) is 1. The maximum absolute atomic E-state index is 13.7. The van der Waals surface area contributed by atoms with E-state index in [-0.39, 0.29) is 12.5 Å². The number of benzene rings is 2. The summed E-state index contributed by atoms with van der Waals surface area (Å²) in [6.07, 6.45) is 2.00. The number of amides is 1. The van der Waals surface area contributed by atoms with Crippen LogP contribution in [0.3, 0.4) is 0 Å². The van der Waals surface area contributed by atoms with Gasteiger partial charge in [0.05, 0.1) is 0 Å². The fourth-order valence-corrected chi connectivity index (χ4v) is 4.01. The Labute approximate surface area is 150 Å². The summed E-state index contributed by atoms with van der Waals surface area (Å²) in [6, 6.07) is 9.33. The third-order valence-corrected chi connectivity index (χ3v) is 5.70. The van der Waals surface area contributed by atoms with Crippen LogP contribution in [0.2, 0.25) is 0 Å². The second-order valence-electron chi connectivity index (χ2n) is 6.07. The van der Waals surface area contributed by atoms with E-state index in [1.54, 1.807) is 29.2 Å². The lowest BCUT2D eigenvalue weighted by Gasteiger charge is -2.15. The normalized spacial score (nSPS) is 14.6. The van der Waals surface area contributed by atoms with E-state index in [1.807, 2.05) is 0 Å². The van der Waals surface area contributed by atoms with Gasteiger partial charge in [-0.25, -0.2) is 21.9 Å². The summed E-state index contributed by atoms with van der Waals surface area (Å²) in [5, 5.41) is 0. The van der Waals surface area contributed by atoms with Crippen molar-refractivity contribution < 1.29 is 22.0 Å². The van der Waals surface area contributed by atoms with Crippen molar-refractivity contribution in [3.8, 4) is 0 Å². The summed E-state index contributed by atoms with van der Waals surface area (Å²) in [5.41, 5.74) is 1.10. The van der Waals surface area contributed by atoms with Gasteiger partial charge in [-0.3, -0.25) is 4.79 Å². The zero-order valence-corrected chi connectivity index (χ0v) is 14.7. The lowest BCUT2D eigenvalue weighted by Crippen LogP contribution is -2.27. The van der Waals surface area contributed by atoms with Crippen molar-refractivity contribution in [2.75, 3.05) is 13.1 Å². The predicted octanol–water partition coefficient (Wildman–Crippen LogP) is 2.68. The third-order valence-electron chi connectivity index (χ3n) is 4.25. The van der Waals surface area contributed by atoms with Gasteiger partial charge in [0.1, 0.15) is 11.6 Å². The Morgan fingerprint density at radius 2 is 1.58 bits per heavy atom. The first-order chi connectivity index (χ1) is 12.4. The molecule has 2 aromatic rings. The smallest absolute Gasteiger partial charge is 0.253 e. The van der Waals surface area contributed by atoms with E-state index in [0.717, 1.165) is 44.1 Å². The summed E-state index contributed by atoms with van der Waals surface area (Å²) in [4.78, 5) is 13.0. The van der Waals surface area contributed by atoms with Gasteiger partial charge in [-0.2, -0.15) is 0 Å². The highest BCUT2D eigenvalue weighted by atomic mass is 32.2. The molecule has 0 bridgehead atoms. The second-order valence-corrected chi connectivity index (χ2v) is 7.78. The van der Waals surface area contributed by atoms with E-state index in [9.17, 15) is 22.0 Å². The van der Waals surface area contributed by atoms with E-state index < -0.39 is 26.6 Å². The summed E-state index contributed by atoms with van der Waals surface area (Å²) >= 11 is 0. The number of carbonyl (C=O) groups excluding carboxylic acids is 1. The van der Waals surface area contributed by atoms with Crippen molar-refractivity contribution in [3.63, 3.8) is 0 Å².